The largest absolute Gasteiger partial charge is 0.465 e. The first-order valence-electron chi connectivity index (χ1n) is 8.82. The van der Waals surface area contributed by atoms with E-state index in [0.717, 1.165) is 10.4 Å². The second-order valence-corrected chi connectivity index (χ2v) is 6.14. The van der Waals surface area contributed by atoms with Crippen LogP contribution in [0.1, 0.15) is 24.9 Å². The van der Waals surface area contributed by atoms with Crippen molar-refractivity contribution >= 4 is 5.91 Å². The van der Waals surface area contributed by atoms with Crippen LogP contribution in [0, 0.1) is 12.7 Å². The van der Waals surface area contributed by atoms with Crippen LogP contribution in [-0.2, 0) is 11.3 Å². The molecule has 0 bridgehead atoms. The van der Waals surface area contributed by atoms with Gasteiger partial charge >= 0.3 is 0 Å². The second kappa shape index (κ2) is 8.51. The highest BCUT2D eigenvalue weighted by Crippen LogP contribution is 2.12. The summed E-state index contributed by atoms with van der Waals surface area (Å²) in [6.45, 7) is 3.87. The molecule has 1 atom stereocenters. The molecule has 2 heterocycles. The van der Waals surface area contributed by atoms with E-state index in [1.165, 1.54) is 36.4 Å². The number of nitrogens with zero attached hydrogens (tertiary/aromatic N) is 2. The van der Waals surface area contributed by atoms with Gasteiger partial charge in [0.25, 0.3) is 11.5 Å². The number of carbonyl (C=O) groups excluding carboxylic acids is 1. The van der Waals surface area contributed by atoms with E-state index in [0.29, 0.717) is 17.9 Å². The van der Waals surface area contributed by atoms with Gasteiger partial charge in [-0.15, -0.1) is 5.10 Å². The highest BCUT2D eigenvalue weighted by molar-refractivity contribution is 5.80. The van der Waals surface area contributed by atoms with Gasteiger partial charge in [0.2, 0.25) is 5.88 Å². The lowest BCUT2D eigenvalue weighted by molar-refractivity contribution is -0.128. The minimum Gasteiger partial charge on any atom is -0.465 e. The third kappa shape index (κ3) is 4.64. The summed E-state index contributed by atoms with van der Waals surface area (Å²) in [5, 5.41) is 6.88. The molecule has 0 unspecified atom stereocenters. The lowest BCUT2D eigenvalue weighted by atomic mass is 10.2. The molecule has 2 aromatic heterocycles. The molecule has 0 aliphatic heterocycles. The first kappa shape index (κ1) is 19.3. The molecular formula is C20H20FN3O4. The number of furan rings is 1. The zero-order valence-electron chi connectivity index (χ0n) is 15.5. The Kier molecular flexibility index (Phi) is 5.88. The number of benzene rings is 1. The molecule has 0 fully saturated rings. The van der Waals surface area contributed by atoms with Gasteiger partial charge in [-0.1, -0.05) is 6.92 Å². The minimum atomic E-state index is -0.789. The van der Waals surface area contributed by atoms with E-state index in [2.05, 4.69) is 10.4 Å². The normalized spacial score (nSPS) is 11.8. The quantitative estimate of drug-likeness (QED) is 0.676. The van der Waals surface area contributed by atoms with Gasteiger partial charge in [0, 0.05) is 12.1 Å². The van der Waals surface area contributed by atoms with Crippen LogP contribution < -0.4 is 15.6 Å². The van der Waals surface area contributed by atoms with Gasteiger partial charge in [-0.05, 0) is 49.7 Å². The number of halogens is 1. The number of aromatic nitrogens is 2. The van der Waals surface area contributed by atoms with Crippen molar-refractivity contribution in [3.63, 3.8) is 0 Å². The van der Waals surface area contributed by atoms with Crippen LogP contribution in [0.2, 0.25) is 0 Å². The van der Waals surface area contributed by atoms with E-state index in [1.54, 1.807) is 13.0 Å². The van der Waals surface area contributed by atoms with E-state index >= 15 is 0 Å². The molecule has 1 aromatic carbocycles. The summed E-state index contributed by atoms with van der Waals surface area (Å²) in [4.78, 5) is 24.5. The predicted molar refractivity (Wildman–Crippen MR) is 99.8 cm³/mol. The van der Waals surface area contributed by atoms with Crippen LogP contribution in [0.3, 0.4) is 0 Å². The van der Waals surface area contributed by atoms with Crippen molar-refractivity contribution in [2.24, 2.45) is 0 Å². The molecule has 0 radical (unpaired) electrons. The van der Waals surface area contributed by atoms with Crippen molar-refractivity contribution in [1.82, 2.24) is 15.1 Å². The Labute approximate surface area is 160 Å². The van der Waals surface area contributed by atoms with E-state index in [4.69, 9.17) is 9.15 Å². The summed E-state index contributed by atoms with van der Waals surface area (Å²) in [7, 11) is 0. The lowest BCUT2D eigenvalue weighted by Gasteiger charge is -2.16. The maximum absolute atomic E-state index is 13.1. The summed E-state index contributed by atoms with van der Waals surface area (Å²) >= 11 is 0. The van der Waals surface area contributed by atoms with Crippen molar-refractivity contribution in [1.29, 1.82) is 0 Å². The predicted octanol–water partition coefficient (Wildman–Crippen LogP) is 2.75. The van der Waals surface area contributed by atoms with Crippen LogP contribution in [-0.4, -0.2) is 21.8 Å². The van der Waals surface area contributed by atoms with Crippen molar-refractivity contribution in [3.8, 4) is 11.6 Å². The Morgan fingerprint density at radius 2 is 1.96 bits per heavy atom. The van der Waals surface area contributed by atoms with Gasteiger partial charge in [-0.25, -0.2) is 4.39 Å². The number of aryl methyl sites for hydroxylation is 1. The third-order valence-electron chi connectivity index (χ3n) is 4.01. The average Bonchev–Trinajstić information content (AvgIpc) is 3.11. The van der Waals surface area contributed by atoms with E-state index < -0.39 is 17.5 Å². The molecule has 3 aromatic rings. The Hall–Kier alpha value is -3.42. The van der Waals surface area contributed by atoms with Gasteiger partial charge in [0.1, 0.15) is 17.3 Å². The molecule has 8 heteroatoms. The molecular weight excluding hydrogens is 365 g/mol. The van der Waals surface area contributed by atoms with Gasteiger partial charge in [0.05, 0.1) is 12.2 Å². The first-order chi connectivity index (χ1) is 13.5. The van der Waals surface area contributed by atoms with Gasteiger partial charge in [-0.3, -0.25) is 9.59 Å². The molecule has 0 saturated heterocycles. The van der Waals surface area contributed by atoms with E-state index in [9.17, 15) is 14.0 Å². The number of amides is 1. The number of hydrogen-bond donors (Lipinski definition) is 1. The van der Waals surface area contributed by atoms with Crippen molar-refractivity contribution in [3.05, 3.63) is 76.2 Å². The smallest absolute Gasteiger partial charge is 0.271 e. The Morgan fingerprint density at radius 3 is 2.61 bits per heavy atom. The third-order valence-corrected chi connectivity index (χ3v) is 4.01. The number of ether oxygens (including phenoxy) is 1. The number of carbonyl (C=O) groups is 1. The van der Waals surface area contributed by atoms with Crippen molar-refractivity contribution < 1.29 is 18.3 Å². The van der Waals surface area contributed by atoms with Crippen LogP contribution in [0.25, 0.3) is 5.69 Å². The fourth-order valence-corrected chi connectivity index (χ4v) is 2.56. The van der Waals surface area contributed by atoms with Crippen molar-refractivity contribution in [2.45, 2.75) is 32.9 Å². The molecule has 0 aliphatic carbocycles. The zero-order valence-corrected chi connectivity index (χ0v) is 15.5. The topological polar surface area (TPSA) is 86.4 Å². The van der Waals surface area contributed by atoms with Gasteiger partial charge in [0.15, 0.2) is 6.10 Å². The zero-order chi connectivity index (χ0) is 20.1. The maximum Gasteiger partial charge on any atom is 0.271 e. The van der Waals surface area contributed by atoms with Crippen LogP contribution in [0.4, 0.5) is 4.39 Å². The average molecular weight is 385 g/mol. The summed E-state index contributed by atoms with van der Waals surface area (Å²) in [5.74, 6) is 0.778. The standard InChI is InChI=1S/C20H20FN3O4/c1-3-17(20(26)22-12-16-9-4-13(2)27-16)28-18-10-11-19(25)24(23-18)15-7-5-14(21)6-8-15/h4-11,17H,3,12H2,1-2H3,(H,22,26)/t17-/m1/s1. The Balaban J connectivity index is 1.71. The molecule has 146 valence electrons. The maximum atomic E-state index is 13.1. The molecule has 3 rings (SSSR count). The van der Waals surface area contributed by atoms with Gasteiger partial charge in [-0.2, -0.15) is 4.68 Å². The summed E-state index contributed by atoms with van der Waals surface area (Å²) in [5.41, 5.74) is -0.00723. The molecule has 0 spiro atoms. The molecule has 28 heavy (non-hydrogen) atoms. The molecule has 0 aliphatic rings. The van der Waals surface area contributed by atoms with Crippen molar-refractivity contribution in [2.75, 3.05) is 0 Å². The lowest BCUT2D eigenvalue weighted by Crippen LogP contribution is -2.38. The van der Waals surface area contributed by atoms with Crippen LogP contribution in [0.5, 0.6) is 5.88 Å². The molecule has 7 nitrogen and oxygen atoms in total. The second-order valence-electron chi connectivity index (χ2n) is 6.14. The van der Waals surface area contributed by atoms with Crippen LogP contribution >= 0.6 is 0 Å². The monoisotopic (exact) mass is 385 g/mol. The first-order valence-corrected chi connectivity index (χ1v) is 8.82. The Bertz CT molecular complexity index is 1010. The van der Waals surface area contributed by atoms with Gasteiger partial charge < -0.3 is 14.5 Å². The molecule has 1 amide bonds. The number of nitrogens with one attached hydrogen (secondary N) is 1. The molecule has 1 N–H and O–H groups in total. The minimum absolute atomic E-state index is 0.111. The van der Waals surface area contributed by atoms with E-state index in [1.807, 2.05) is 13.0 Å². The van der Waals surface area contributed by atoms with E-state index in [-0.39, 0.29) is 18.3 Å². The highest BCUT2D eigenvalue weighted by Gasteiger charge is 2.19. The fraction of sp³-hybridized carbons (Fsp3) is 0.250. The number of hydrogen-bond acceptors (Lipinski definition) is 5. The summed E-state index contributed by atoms with van der Waals surface area (Å²) < 4.78 is 25.3. The Morgan fingerprint density at radius 1 is 1.21 bits per heavy atom. The number of rotatable bonds is 7. The van der Waals surface area contributed by atoms with Crippen LogP contribution in [0.15, 0.2) is 57.7 Å². The summed E-state index contributed by atoms with van der Waals surface area (Å²) in [6.07, 6.45) is -0.386. The molecule has 0 saturated carbocycles. The summed E-state index contributed by atoms with van der Waals surface area (Å²) in [6, 6.07) is 11.6. The fourth-order valence-electron chi connectivity index (χ4n) is 2.56. The SMILES string of the molecule is CC[C@@H](Oc1ccc(=O)n(-c2ccc(F)cc2)n1)C(=O)NCc1ccc(C)o1. The highest BCUT2D eigenvalue weighted by atomic mass is 19.1.